The first-order chi connectivity index (χ1) is 9.38. The van der Waals surface area contributed by atoms with Gasteiger partial charge in [-0.1, -0.05) is 19.9 Å². The van der Waals surface area contributed by atoms with Gasteiger partial charge in [0.05, 0.1) is 5.56 Å². The zero-order valence-electron chi connectivity index (χ0n) is 12.9. The van der Waals surface area contributed by atoms with Crippen LogP contribution in [0.25, 0.3) is 0 Å². The van der Waals surface area contributed by atoms with E-state index in [-0.39, 0.29) is 12.1 Å². The number of nitrogen functional groups attached to an aromatic ring is 1. The van der Waals surface area contributed by atoms with Crippen molar-refractivity contribution in [3.8, 4) is 0 Å². The number of anilines is 1. The fourth-order valence-electron chi connectivity index (χ4n) is 2.91. The quantitative estimate of drug-likeness (QED) is 0.658. The lowest BCUT2D eigenvalue weighted by Gasteiger charge is -2.31. The Labute approximate surface area is 121 Å². The van der Waals surface area contributed by atoms with Crippen molar-refractivity contribution < 1.29 is 9.53 Å². The highest BCUT2D eigenvalue weighted by atomic mass is 16.5. The number of carbonyl (C=O) groups excluding carboxylic acids is 1. The summed E-state index contributed by atoms with van der Waals surface area (Å²) in [5, 5.41) is 0. The summed E-state index contributed by atoms with van der Waals surface area (Å²) in [6.07, 6.45) is 3.12. The van der Waals surface area contributed by atoms with E-state index in [1.54, 1.807) is 6.07 Å². The number of hydrogen-bond donors (Lipinski definition) is 1. The van der Waals surface area contributed by atoms with E-state index >= 15 is 0 Å². The van der Waals surface area contributed by atoms with E-state index in [9.17, 15) is 4.79 Å². The van der Waals surface area contributed by atoms with Crippen LogP contribution in [-0.4, -0.2) is 12.1 Å². The van der Waals surface area contributed by atoms with E-state index in [1.807, 2.05) is 19.9 Å². The van der Waals surface area contributed by atoms with Gasteiger partial charge in [-0.2, -0.15) is 0 Å². The molecular weight excluding hydrogens is 250 g/mol. The SMILES string of the molecule is Cc1cc(C)c(C(=O)OC2CCC(C)C(C)C2)cc1N. The molecule has 1 aliphatic carbocycles. The summed E-state index contributed by atoms with van der Waals surface area (Å²) in [6.45, 7) is 8.38. The van der Waals surface area contributed by atoms with Crippen LogP contribution in [0.15, 0.2) is 12.1 Å². The number of aryl methyl sites for hydroxylation is 2. The Morgan fingerprint density at radius 2 is 1.85 bits per heavy atom. The molecule has 3 atom stereocenters. The van der Waals surface area contributed by atoms with E-state index in [0.29, 0.717) is 17.2 Å². The lowest BCUT2D eigenvalue weighted by molar-refractivity contribution is 0.00872. The van der Waals surface area contributed by atoms with E-state index < -0.39 is 0 Å². The largest absolute Gasteiger partial charge is 0.459 e. The minimum atomic E-state index is -0.235. The molecule has 0 spiro atoms. The molecule has 0 aromatic heterocycles. The number of ether oxygens (including phenoxy) is 1. The van der Waals surface area contributed by atoms with Crippen LogP contribution < -0.4 is 5.73 Å². The summed E-state index contributed by atoms with van der Waals surface area (Å²) in [6, 6.07) is 3.68. The molecule has 2 N–H and O–H groups in total. The molecule has 1 saturated carbocycles. The van der Waals surface area contributed by atoms with Crippen molar-refractivity contribution in [2.75, 3.05) is 5.73 Å². The third-order valence-electron chi connectivity index (χ3n) is 4.66. The highest BCUT2D eigenvalue weighted by Gasteiger charge is 2.27. The van der Waals surface area contributed by atoms with Crippen molar-refractivity contribution in [1.82, 2.24) is 0 Å². The number of benzene rings is 1. The van der Waals surface area contributed by atoms with Gasteiger partial charge >= 0.3 is 5.97 Å². The number of rotatable bonds is 2. The maximum absolute atomic E-state index is 12.3. The van der Waals surface area contributed by atoms with Crippen molar-refractivity contribution in [2.24, 2.45) is 11.8 Å². The molecule has 1 aliphatic rings. The molecule has 110 valence electrons. The highest BCUT2D eigenvalue weighted by molar-refractivity contribution is 5.92. The van der Waals surface area contributed by atoms with Gasteiger partial charge in [-0.25, -0.2) is 4.79 Å². The second-order valence-corrected chi connectivity index (χ2v) is 6.32. The van der Waals surface area contributed by atoms with Crippen LogP contribution in [-0.2, 0) is 4.74 Å². The summed E-state index contributed by atoms with van der Waals surface area (Å²) in [4.78, 5) is 12.3. The fraction of sp³-hybridized carbons (Fsp3) is 0.588. The summed E-state index contributed by atoms with van der Waals surface area (Å²) in [5.74, 6) is 1.10. The maximum Gasteiger partial charge on any atom is 0.338 e. The van der Waals surface area contributed by atoms with Gasteiger partial charge in [0.2, 0.25) is 0 Å². The third kappa shape index (κ3) is 3.14. The molecule has 1 aromatic rings. The monoisotopic (exact) mass is 275 g/mol. The molecule has 3 nitrogen and oxygen atoms in total. The Hall–Kier alpha value is -1.51. The van der Waals surface area contributed by atoms with Crippen LogP contribution in [0.3, 0.4) is 0 Å². The van der Waals surface area contributed by atoms with Gasteiger partial charge in [0.25, 0.3) is 0 Å². The van der Waals surface area contributed by atoms with Crippen molar-refractivity contribution in [3.05, 3.63) is 28.8 Å². The first kappa shape index (κ1) is 14.9. The average molecular weight is 275 g/mol. The summed E-state index contributed by atoms with van der Waals surface area (Å²) < 4.78 is 5.68. The van der Waals surface area contributed by atoms with Gasteiger partial charge < -0.3 is 10.5 Å². The van der Waals surface area contributed by atoms with E-state index in [1.165, 1.54) is 0 Å². The number of nitrogens with two attached hydrogens (primary N) is 1. The Morgan fingerprint density at radius 1 is 1.15 bits per heavy atom. The zero-order chi connectivity index (χ0) is 14.9. The summed E-state index contributed by atoms with van der Waals surface area (Å²) in [7, 11) is 0. The molecule has 1 aromatic carbocycles. The molecule has 0 bridgehead atoms. The van der Waals surface area contributed by atoms with Crippen LogP contribution in [0.2, 0.25) is 0 Å². The van der Waals surface area contributed by atoms with Crippen molar-refractivity contribution in [1.29, 1.82) is 0 Å². The van der Waals surface area contributed by atoms with E-state index in [4.69, 9.17) is 10.5 Å². The number of hydrogen-bond acceptors (Lipinski definition) is 3. The Bertz CT molecular complexity index is 510. The van der Waals surface area contributed by atoms with E-state index in [0.717, 1.165) is 36.3 Å². The molecule has 2 rings (SSSR count). The predicted molar refractivity (Wildman–Crippen MR) is 81.7 cm³/mol. The predicted octanol–water partition coefficient (Wildman–Crippen LogP) is 3.87. The second kappa shape index (κ2) is 5.86. The molecule has 0 aliphatic heterocycles. The van der Waals surface area contributed by atoms with Crippen molar-refractivity contribution in [3.63, 3.8) is 0 Å². The van der Waals surface area contributed by atoms with Gasteiger partial charge in [-0.3, -0.25) is 0 Å². The Kier molecular flexibility index (Phi) is 4.36. The number of carbonyl (C=O) groups is 1. The van der Waals surface area contributed by atoms with Crippen molar-refractivity contribution in [2.45, 2.75) is 53.1 Å². The van der Waals surface area contributed by atoms with E-state index in [2.05, 4.69) is 13.8 Å². The second-order valence-electron chi connectivity index (χ2n) is 6.32. The summed E-state index contributed by atoms with van der Waals surface area (Å²) in [5.41, 5.74) is 9.06. The van der Waals surface area contributed by atoms with Crippen LogP contribution in [0, 0.1) is 25.7 Å². The van der Waals surface area contributed by atoms with Crippen LogP contribution in [0.5, 0.6) is 0 Å². The molecule has 0 amide bonds. The molecule has 3 heteroatoms. The lowest BCUT2D eigenvalue weighted by atomic mass is 9.80. The lowest BCUT2D eigenvalue weighted by Crippen LogP contribution is -2.29. The zero-order valence-corrected chi connectivity index (χ0v) is 12.9. The minimum Gasteiger partial charge on any atom is -0.459 e. The maximum atomic E-state index is 12.3. The standard InChI is InChI=1S/C17H25NO2/c1-10-5-6-14(8-11(10)2)20-17(19)15-9-16(18)13(4)7-12(15)3/h7,9-11,14H,5-6,8,18H2,1-4H3. The topological polar surface area (TPSA) is 52.3 Å². The Morgan fingerprint density at radius 3 is 2.50 bits per heavy atom. The molecular formula is C17H25NO2. The highest BCUT2D eigenvalue weighted by Crippen LogP contribution is 2.31. The molecule has 0 saturated heterocycles. The van der Waals surface area contributed by atoms with Crippen molar-refractivity contribution >= 4 is 11.7 Å². The normalized spacial score (nSPS) is 26.3. The molecule has 3 unspecified atom stereocenters. The smallest absolute Gasteiger partial charge is 0.338 e. The van der Waals surface area contributed by atoms with Crippen LogP contribution >= 0.6 is 0 Å². The first-order valence-electron chi connectivity index (χ1n) is 7.46. The first-order valence-corrected chi connectivity index (χ1v) is 7.46. The van der Waals surface area contributed by atoms with Gasteiger partial charge in [0, 0.05) is 5.69 Å². The minimum absolute atomic E-state index is 0.0515. The van der Waals surface area contributed by atoms with Gasteiger partial charge in [0.15, 0.2) is 0 Å². The average Bonchev–Trinajstić information content (AvgIpc) is 2.38. The Balaban J connectivity index is 2.07. The van der Waals surface area contributed by atoms with Gasteiger partial charge in [-0.15, -0.1) is 0 Å². The van der Waals surface area contributed by atoms with Gasteiger partial charge in [0.1, 0.15) is 6.10 Å². The number of esters is 1. The summed E-state index contributed by atoms with van der Waals surface area (Å²) >= 11 is 0. The molecule has 0 radical (unpaired) electrons. The van der Waals surface area contributed by atoms with Crippen LogP contribution in [0.1, 0.15) is 54.6 Å². The van der Waals surface area contributed by atoms with Gasteiger partial charge in [-0.05, 0) is 62.1 Å². The molecule has 0 heterocycles. The molecule has 20 heavy (non-hydrogen) atoms. The third-order valence-corrected chi connectivity index (χ3v) is 4.66. The molecule has 1 fully saturated rings. The fourth-order valence-corrected chi connectivity index (χ4v) is 2.91. The van der Waals surface area contributed by atoms with Crippen LogP contribution in [0.4, 0.5) is 5.69 Å².